The fourth-order valence-electron chi connectivity index (χ4n) is 4.78. The van der Waals surface area contributed by atoms with E-state index >= 15 is 0 Å². The van der Waals surface area contributed by atoms with Crippen LogP contribution in [-0.4, -0.2) is 35.2 Å². The molecule has 5 heteroatoms. The van der Waals surface area contributed by atoms with Gasteiger partial charge in [-0.2, -0.15) is 0 Å². The van der Waals surface area contributed by atoms with Gasteiger partial charge in [-0.25, -0.2) is 4.79 Å². The third-order valence-corrected chi connectivity index (χ3v) is 6.74. The number of carbonyl (C=O) groups is 2. The number of ketones is 1. The van der Waals surface area contributed by atoms with Crippen LogP contribution in [-0.2, 0) is 17.6 Å². The average Bonchev–Trinajstić information content (AvgIpc) is 3.20. The Balaban J connectivity index is 1.35. The lowest BCUT2D eigenvalue weighted by Gasteiger charge is -2.16. The summed E-state index contributed by atoms with van der Waals surface area (Å²) in [6.45, 7) is 0. The Hall–Kier alpha value is -3.44. The van der Waals surface area contributed by atoms with Gasteiger partial charge in [0.15, 0.2) is 0 Å². The molecular weight excluding hydrogens is 428 g/mol. The predicted octanol–water partition coefficient (Wildman–Crippen LogP) is 5.23. The number of carboxylic acids is 1. The quantitative estimate of drug-likeness (QED) is 0.429. The van der Waals surface area contributed by atoms with Crippen molar-refractivity contribution in [3.63, 3.8) is 0 Å². The van der Waals surface area contributed by atoms with E-state index in [0.717, 1.165) is 46.9 Å². The van der Waals surface area contributed by atoms with Crippen LogP contribution in [0.5, 0.6) is 5.75 Å². The maximum Gasteiger partial charge on any atom is 0.335 e. The maximum absolute atomic E-state index is 12.5. The van der Waals surface area contributed by atoms with Crippen molar-refractivity contribution in [3.05, 3.63) is 89.5 Å². The number of hydrogen-bond donors (Lipinski definition) is 2. The van der Waals surface area contributed by atoms with Gasteiger partial charge in [0.2, 0.25) is 0 Å². The number of aryl methyl sites for hydroxylation is 1. The largest absolute Gasteiger partial charge is 0.497 e. The first-order valence-corrected chi connectivity index (χ1v) is 11.7. The third kappa shape index (κ3) is 5.72. The van der Waals surface area contributed by atoms with Crippen LogP contribution >= 0.6 is 0 Å². The minimum absolute atomic E-state index is 0.0572. The molecule has 0 radical (unpaired) electrons. The van der Waals surface area contributed by atoms with E-state index in [1.165, 1.54) is 0 Å². The van der Waals surface area contributed by atoms with E-state index in [1.807, 2.05) is 54.6 Å². The van der Waals surface area contributed by atoms with E-state index < -0.39 is 12.1 Å². The number of aromatic carboxylic acids is 1. The Morgan fingerprint density at radius 2 is 1.76 bits per heavy atom. The molecule has 0 heterocycles. The molecule has 3 atom stereocenters. The van der Waals surface area contributed by atoms with Crippen molar-refractivity contribution in [2.24, 2.45) is 11.8 Å². The van der Waals surface area contributed by atoms with Crippen LogP contribution in [0.4, 0.5) is 0 Å². The highest BCUT2D eigenvalue weighted by molar-refractivity contribution is 5.87. The summed E-state index contributed by atoms with van der Waals surface area (Å²) in [5.74, 6) is 0.227. The minimum atomic E-state index is -0.940. The number of aliphatic hydroxyl groups is 1. The van der Waals surface area contributed by atoms with Gasteiger partial charge in [0.05, 0.1) is 18.8 Å². The summed E-state index contributed by atoms with van der Waals surface area (Å²) in [6.07, 6.45) is 6.57. The summed E-state index contributed by atoms with van der Waals surface area (Å²) in [5, 5.41) is 21.8. The zero-order valence-electron chi connectivity index (χ0n) is 19.3. The second-order valence-electron chi connectivity index (χ2n) is 9.02. The number of allylic oxidation sites excluding steroid dienone is 1. The zero-order valence-corrected chi connectivity index (χ0v) is 19.3. The molecule has 2 unspecified atom stereocenters. The molecule has 2 N–H and O–H groups in total. The first-order chi connectivity index (χ1) is 16.4. The molecule has 1 aliphatic carbocycles. The van der Waals surface area contributed by atoms with Crippen molar-refractivity contribution in [1.29, 1.82) is 0 Å². The smallest absolute Gasteiger partial charge is 0.335 e. The highest BCUT2D eigenvalue weighted by Crippen LogP contribution is 2.33. The number of methoxy groups -OCH3 is 1. The fourth-order valence-corrected chi connectivity index (χ4v) is 4.78. The molecule has 0 aliphatic heterocycles. The Kier molecular flexibility index (Phi) is 7.43. The lowest BCUT2D eigenvalue weighted by Crippen LogP contribution is -2.15. The zero-order chi connectivity index (χ0) is 24.1. The van der Waals surface area contributed by atoms with E-state index in [-0.39, 0.29) is 23.2 Å². The molecule has 0 bridgehead atoms. The molecule has 1 aliphatic rings. The highest BCUT2D eigenvalue weighted by Gasteiger charge is 2.32. The molecule has 176 valence electrons. The molecule has 0 saturated heterocycles. The van der Waals surface area contributed by atoms with Crippen LogP contribution in [0.2, 0.25) is 0 Å². The first-order valence-electron chi connectivity index (χ1n) is 11.7. The summed E-state index contributed by atoms with van der Waals surface area (Å²) < 4.78 is 5.28. The Morgan fingerprint density at radius 3 is 2.50 bits per heavy atom. The van der Waals surface area contributed by atoms with E-state index in [1.54, 1.807) is 19.2 Å². The minimum Gasteiger partial charge on any atom is -0.497 e. The van der Waals surface area contributed by atoms with Crippen molar-refractivity contribution in [3.8, 4) is 5.75 Å². The van der Waals surface area contributed by atoms with Crippen LogP contribution < -0.4 is 4.74 Å². The van der Waals surface area contributed by atoms with Gasteiger partial charge in [-0.1, -0.05) is 48.6 Å². The molecule has 0 spiro atoms. The normalized spacial score (nSPS) is 19.1. The number of aliphatic hydroxyl groups excluding tert-OH is 1. The third-order valence-electron chi connectivity index (χ3n) is 6.74. The number of rotatable bonds is 9. The standard InChI is InChI=1S/C29H30O5/c1-34-26-13-10-23-16-20(4-8-24(23)18-26)17-25(30)12-9-21-11-15-28(31)27(21)14-5-19-2-6-22(7-3-19)29(32)33/h2-4,6-10,12-13,16,18,21,25,27,30H,5,11,14-15,17H2,1H3,(H,32,33)/b12-9+/t21?,25?,27-/m1/s1. The SMILES string of the molecule is COc1ccc2cc(CC(O)/C=C/C3CCC(=O)[C@@H]3CCc3ccc(C(=O)O)cc3)ccc2c1. The van der Waals surface area contributed by atoms with E-state index in [2.05, 4.69) is 6.07 Å². The number of carbonyl (C=O) groups excluding carboxylic acids is 1. The monoisotopic (exact) mass is 458 g/mol. The summed E-state index contributed by atoms with van der Waals surface area (Å²) in [6, 6.07) is 18.9. The van der Waals surface area contributed by atoms with Crippen molar-refractivity contribution >= 4 is 22.5 Å². The molecule has 1 fully saturated rings. The Labute approximate surface area is 199 Å². The molecule has 4 rings (SSSR count). The van der Waals surface area contributed by atoms with Crippen LogP contribution in [0, 0.1) is 11.8 Å². The molecule has 0 aromatic heterocycles. The van der Waals surface area contributed by atoms with Crippen LogP contribution in [0.1, 0.15) is 40.7 Å². The van der Waals surface area contributed by atoms with Crippen LogP contribution in [0.15, 0.2) is 72.8 Å². The van der Waals surface area contributed by atoms with E-state index in [9.17, 15) is 14.7 Å². The Morgan fingerprint density at radius 1 is 1.06 bits per heavy atom. The fraction of sp³-hybridized carbons (Fsp3) is 0.310. The van der Waals surface area contributed by atoms with Crippen molar-refractivity contribution in [1.82, 2.24) is 0 Å². The molecule has 1 saturated carbocycles. The number of carboxylic acid groups (broad SMARTS) is 1. The van der Waals surface area contributed by atoms with Gasteiger partial charge in [-0.05, 0) is 71.3 Å². The predicted molar refractivity (Wildman–Crippen MR) is 132 cm³/mol. The van der Waals surface area contributed by atoms with Gasteiger partial charge in [-0.3, -0.25) is 4.79 Å². The summed E-state index contributed by atoms with van der Waals surface area (Å²) in [5.41, 5.74) is 2.35. The molecule has 5 nitrogen and oxygen atoms in total. The van der Waals surface area contributed by atoms with E-state index in [4.69, 9.17) is 9.84 Å². The van der Waals surface area contributed by atoms with Gasteiger partial charge in [-0.15, -0.1) is 0 Å². The van der Waals surface area contributed by atoms with Gasteiger partial charge in [0, 0.05) is 18.8 Å². The number of ether oxygens (including phenoxy) is 1. The van der Waals surface area contributed by atoms with Crippen molar-refractivity contribution < 1.29 is 24.5 Å². The Bertz CT molecular complexity index is 1190. The number of Topliss-reactive ketones (excluding diaryl/α,β-unsaturated/α-hetero) is 1. The lowest BCUT2D eigenvalue weighted by molar-refractivity contribution is -0.121. The van der Waals surface area contributed by atoms with Gasteiger partial charge >= 0.3 is 5.97 Å². The maximum atomic E-state index is 12.5. The second kappa shape index (κ2) is 10.7. The van der Waals surface area contributed by atoms with Crippen molar-refractivity contribution in [2.75, 3.05) is 7.11 Å². The number of benzene rings is 3. The van der Waals surface area contributed by atoms with E-state index in [0.29, 0.717) is 12.8 Å². The second-order valence-corrected chi connectivity index (χ2v) is 9.02. The first kappa shape index (κ1) is 23.7. The number of hydrogen-bond acceptors (Lipinski definition) is 4. The molecule has 3 aromatic rings. The topological polar surface area (TPSA) is 83.8 Å². The highest BCUT2D eigenvalue weighted by atomic mass is 16.5. The lowest BCUT2D eigenvalue weighted by atomic mass is 9.88. The van der Waals surface area contributed by atoms with Gasteiger partial charge in [0.25, 0.3) is 0 Å². The summed E-state index contributed by atoms with van der Waals surface area (Å²) >= 11 is 0. The van der Waals surface area contributed by atoms with Crippen molar-refractivity contribution in [2.45, 2.75) is 38.2 Å². The molecule has 0 amide bonds. The molecular formula is C29H30O5. The number of fused-ring (bicyclic) bond motifs is 1. The average molecular weight is 459 g/mol. The molecule has 3 aromatic carbocycles. The molecule has 34 heavy (non-hydrogen) atoms. The van der Waals surface area contributed by atoms with Crippen LogP contribution in [0.25, 0.3) is 10.8 Å². The van der Waals surface area contributed by atoms with Gasteiger partial charge < -0.3 is 14.9 Å². The van der Waals surface area contributed by atoms with Gasteiger partial charge in [0.1, 0.15) is 11.5 Å². The summed E-state index contributed by atoms with van der Waals surface area (Å²) in [4.78, 5) is 23.5. The summed E-state index contributed by atoms with van der Waals surface area (Å²) in [7, 11) is 1.65. The van der Waals surface area contributed by atoms with Crippen LogP contribution in [0.3, 0.4) is 0 Å².